The van der Waals surface area contributed by atoms with E-state index in [2.05, 4.69) is 22.2 Å². The third-order valence-electron chi connectivity index (χ3n) is 3.01. The number of carbonyl (C=O) groups is 2. The number of rotatable bonds is 9. The molecule has 1 rings (SSSR count). The van der Waals surface area contributed by atoms with Crippen LogP contribution in [0.15, 0.2) is 30.3 Å². The van der Waals surface area contributed by atoms with E-state index in [1.54, 1.807) is 6.92 Å². The second-order valence-electron chi connectivity index (χ2n) is 4.88. The van der Waals surface area contributed by atoms with E-state index in [1.165, 1.54) is 24.4 Å². The SMILES string of the molecule is COC(=O)C(C)CSCC(=O)NCCCc1ccccc1. The highest BCUT2D eigenvalue weighted by molar-refractivity contribution is 7.99. The largest absolute Gasteiger partial charge is 0.469 e. The van der Waals surface area contributed by atoms with Crippen LogP contribution in [0.3, 0.4) is 0 Å². The van der Waals surface area contributed by atoms with Gasteiger partial charge in [0.25, 0.3) is 0 Å². The molecule has 1 amide bonds. The van der Waals surface area contributed by atoms with Crippen LogP contribution in [0.5, 0.6) is 0 Å². The smallest absolute Gasteiger partial charge is 0.309 e. The summed E-state index contributed by atoms with van der Waals surface area (Å²) in [6.45, 7) is 2.48. The standard InChI is InChI=1S/C16H23NO3S/c1-13(16(19)20-2)11-21-12-15(18)17-10-6-9-14-7-4-3-5-8-14/h3-5,7-8,13H,6,9-12H2,1-2H3,(H,17,18). The zero-order valence-electron chi connectivity index (χ0n) is 12.6. The summed E-state index contributed by atoms with van der Waals surface area (Å²) in [5.41, 5.74) is 1.29. The van der Waals surface area contributed by atoms with Crippen molar-refractivity contribution in [3.05, 3.63) is 35.9 Å². The Balaban J connectivity index is 2.05. The first kappa shape index (κ1) is 17.6. The monoisotopic (exact) mass is 309 g/mol. The molecule has 0 aromatic heterocycles. The molecule has 1 N–H and O–H groups in total. The molecule has 0 heterocycles. The van der Waals surface area contributed by atoms with Gasteiger partial charge in [0.2, 0.25) is 5.91 Å². The van der Waals surface area contributed by atoms with Gasteiger partial charge in [-0.15, -0.1) is 0 Å². The molecule has 0 fully saturated rings. The van der Waals surface area contributed by atoms with Gasteiger partial charge in [-0.25, -0.2) is 0 Å². The predicted molar refractivity (Wildman–Crippen MR) is 86.3 cm³/mol. The van der Waals surface area contributed by atoms with Crippen molar-refractivity contribution < 1.29 is 14.3 Å². The third-order valence-corrected chi connectivity index (χ3v) is 4.21. The molecule has 5 heteroatoms. The summed E-state index contributed by atoms with van der Waals surface area (Å²) in [4.78, 5) is 22.8. The number of aryl methyl sites for hydroxylation is 1. The van der Waals surface area contributed by atoms with Gasteiger partial charge in [0.05, 0.1) is 18.8 Å². The molecule has 21 heavy (non-hydrogen) atoms. The van der Waals surface area contributed by atoms with E-state index in [4.69, 9.17) is 0 Å². The molecule has 0 aliphatic heterocycles. The minimum atomic E-state index is -0.231. The Morgan fingerprint density at radius 2 is 2.00 bits per heavy atom. The molecule has 1 aromatic rings. The van der Waals surface area contributed by atoms with Gasteiger partial charge in [0.1, 0.15) is 0 Å². The fourth-order valence-corrected chi connectivity index (χ4v) is 2.71. The van der Waals surface area contributed by atoms with Crippen molar-refractivity contribution in [3.63, 3.8) is 0 Å². The number of benzene rings is 1. The summed E-state index contributed by atoms with van der Waals surface area (Å²) in [7, 11) is 1.38. The van der Waals surface area contributed by atoms with Crippen LogP contribution in [0.4, 0.5) is 0 Å². The Labute approximate surface area is 130 Å². The van der Waals surface area contributed by atoms with Gasteiger partial charge in [-0.1, -0.05) is 37.3 Å². The summed E-state index contributed by atoms with van der Waals surface area (Å²) in [5, 5.41) is 2.89. The average Bonchev–Trinajstić information content (AvgIpc) is 2.51. The van der Waals surface area contributed by atoms with E-state index < -0.39 is 0 Å². The number of carbonyl (C=O) groups excluding carboxylic acids is 2. The number of thioether (sulfide) groups is 1. The van der Waals surface area contributed by atoms with Crippen LogP contribution in [0.2, 0.25) is 0 Å². The lowest BCUT2D eigenvalue weighted by atomic mass is 10.1. The highest BCUT2D eigenvalue weighted by Crippen LogP contribution is 2.09. The Morgan fingerprint density at radius 1 is 1.29 bits per heavy atom. The molecular formula is C16H23NO3S. The number of hydrogen-bond donors (Lipinski definition) is 1. The van der Waals surface area contributed by atoms with Gasteiger partial charge in [0, 0.05) is 12.3 Å². The van der Waals surface area contributed by atoms with E-state index in [1.807, 2.05) is 18.2 Å². The maximum Gasteiger partial charge on any atom is 0.309 e. The van der Waals surface area contributed by atoms with Crippen LogP contribution in [-0.4, -0.2) is 37.0 Å². The normalized spacial score (nSPS) is 11.7. The van der Waals surface area contributed by atoms with Gasteiger partial charge in [0.15, 0.2) is 0 Å². The van der Waals surface area contributed by atoms with E-state index >= 15 is 0 Å². The van der Waals surface area contributed by atoms with E-state index in [0.717, 1.165) is 12.8 Å². The van der Waals surface area contributed by atoms with Gasteiger partial charge in [-0.3, -0.25) is 9.59 Å². The van der Waals surface area contributed by atoms with E-state index in [9.17, 15) is 9.59 Å². The van der Waals surface area contributed by atoms with Crippen LogP contribution < -0.4 is 5.32 Å². The Bertz CT molecular complexity index is 436. The average molecular weight is 309 g/mol. The van der Waals surface area contributed by atoms with Crippen molar-refractivity contribution >= 4 is 23.6 Å². The summed E-state index contributed by atoms with van der Waals surface area (Å²) < 4.78 is 4.64. The minimum Gasteiger partial charge on any atom is -0.469 e. The fraction of sp³-hybridized carbons (Fsp3) is 0.500. The number of ether oxygens (including phenoxy) is 1. The number of hydrogen-bond acceptors (Lipinski definition) is 4. The van der Waals surface area contributed by atoms with Crippen LogP contribution >= 0.6 is 11.8 Å². The van der Waals surface area contributed by atoms with Crippen molar-refractivity contribution in [1.82, 2.24) is 5.32 Å². The van der Waals surface area contributed by atoms with Crippen LogP contribution in [0.25, 0.3) is 0 Å². The maximum atomic E-state index is 11.6. The lowest BCUT2D eigenvalue weighted by molar-refractivity contribution is -0.144. The first-order valence-electron chi connectivity index (χ1n) is 7.09. The molecule has 1 unspecified atom stereocenters. The molecule has 1 atom stereocenters. The Kier molecular flexibility index (Phi) is 8.59. The quantitative estimate of drug-likeness (QED) is 0.562. The molecule has 0 spiro atoms. The highest BCUT2D eigenvalue weighted by Gasteiger charge is 2.13. The van der Waals surface area contributed by atoms with Crippen LogP contribution in [0, 0.1) is 5.92 Å². The number of amides is 1. The molecule has 4 nitrogen and oxygen atoms in total. The zero-order valence-corrected chi connectivity index (χ0v) is 13.4. The fourth-order valence-electron chi connectivity index (χ4n) is 1.81. The molecule has 0 aliphatic carbocycles. The van der Waals surface area contributed by atoms with E-state index in [-0.39, 0.29) is 17.8 Å². The summed E-state index contributed by atoms with van der Waals surface area (Å²) >= 11 is 1.45. The summed E-state index contributed by atoms with van der Waals surface area (Å²) in [6, 6.07) is 10.2. The van der Waals surface area contributed by atoms with Gasteiger partial charge >= 0.3 is 5.97 Å². The molecule has 0 aliphatic rings. The maximum absolute atomic E-state index is 11.6. The molecular weight excluding hydrogens is 286 g/mol. The summed E-state index contributed by atoms with van der Waals surface area (Å²) in [5.74, 6) is 0.596. The topological polar surface area (TPSA) is 55.4 Å². The molecule has 116 valence electrons. The Hall–Kier alpha value is -1.49. The molecule has 0 saturated heterocycles. The minimum absolute atomic E-state index is 0.0186. The first-order chi connectivity index (χ1) is 10.1. The lowest BCUT2D eigenvalue weighted by Gasteiger charge is -2.09. The molecule has 1 aromatic carbocycles. The number of methoxy groups -OCH3 is 1. The molecule has 0 bridgehead atoms. The van der Waals surface area contributed by atoms with Crippen molar-refractivity contribution in [2.24, 2.45) is 5.92 Å². The number of esters is 1. The first-order valence-corrected chi connectivity index (χ1v) is 8.25. The van der Waals surface area contributed by atoms with Crippen molar-refractivity contribution in [1.29, 1.82) is 0 Å². The van der Waals surface area contributed by atoms with Crippen LogP contribution in [0.1, 0.15) is 18.9 Å². The third kappa shape index (κ3) is 7.75. The second-order valence-corrected chi connectivity index (χ2v) is 5.91. The molecule has 0 radical (unpaired) electrons. The van der Waals surface area contributed by atoms with Crippen molar-refractivity contribution in [3.8, 4) is 0 Å². The van der Waals surface area contributed by atoms with Crippen molar-refractivity contribution in [2.75, 3.05) is 25.2 Å². The predicted octanol–water partition coefficient (Wildman–Crippen LogP) is 2.28. The molecule has 0 saturated carbocycles. The van der Waals surface area contributed by atoms with Gasteiger partial charge in [-0.05, 0) is 18.4 Å². The highest BCUT2D eigenvalue weighted by atomic mass is 32.2. The summed E-state index contributed by atoms with van der Waals surface area (Å²) in [6.07, 6.45) is 1.90. The van der Waals surface area contributed by atoms with Gasteiger partial charge < -0.3 is 10.1 Å². The zero-order chi connectivity index (χ0) is 15.5. The Morgan fingerprint density at radius 3 is 2.67 bits per heavy atom. The van der Waals surface area contributed by atoms with Crippen molar-refractivity contribution in [2.45, 2.75) is 19.8 Å². The van der Waals surface area contributed by atoms with Gasteiger partial charge in [-0.2, -0.15) is 11.8 Å². The second kappa shape index (κ2) is 10.3. The van der Waals surface area contributed by atoms with Crippen LogP contribution in [-0.2, 0) is 20.7 Å². The number of nitrogens with one attached hydrogen (secondary N) is 1. The van der Waals surface area contributed by atoms with E-state index in [0.29, 0.717) is 18.1 Å². The lowest BCUT2D eigenvalue weighted by Crippen LogP contribution is -2.27.